The van der Waals surface area contributed by atoms with Crippen molar-refractivity contribution < 1.29 is 9.90 Å². The standard InChI is InChI=1S/C21H28ClN3O2S/c22-18-16-6-2-3-7-17(16)28-19(18)24-20(26)23-15-8-12-25(13-9-15)14-21(27)10-4-1-5-11-21/h2-3,6-7,15,27H,1,4-5,8-14H2,(H2,23,24,26). The Hall–Kier alpha value is -1.34. The van der Waals surface area contributed by atoms with Crippen molar-refractivity contribution in [3.8, 4) is 0 Å². The van der Waals surface area contributed by atoms with E-state index in [1.54, 1.807) is 0 Å². The molecule has 2 amide bonds. The fourth-order valence-electron chi connectivity index (χ4n) is 4.44. The van der Waals surface area contributed by atoms with Gasteiger partial charge in [-0.1, -0.05) is 49.1 Å². The number of likely N-dealkylation sites (tertiary alicyclic amines) is 1. The minimum Gasteiger partial charge on any atom is -0.389 e. The van der Waals surface area contributed by atoms with Crippen LogP contribution in [0.3, 0.4) is 0 Å². The number of carbonyl (C=O) groups excluding carboxylic acids is 1. The first-order valence-corrected chi connectivity index (χ1v) is 11.4. The van der Waals surface area contributed by atoms with E-state index in [1.165, 1.54) is 17.8 Å². The lowest BCUT2D eigenvalue weighted by Gasteiger charge is -2.40. The van der Waals surface area contributed by atoms with Crippen LogP contribution in [0.2, 0.25) is 5.02 Å². The number of rotatable bonds is 4. The maximum Gasteiger partial charge on any atom is 0.320 e. The summed E-state index contributed by atoms with van der Waals surface area (Å²) >= 11 is 7.90. The number of carbonyl (C=O) groups is 1. The van der Waals surface area contributed by atoms with Crippen LogP contribution in [0.5, 0.6) is 0 Å². The van der Waals surface area contributed by atoms with Crippen molar-refractivity contribution in [2.24, 2.45) is 0 Å². The molecule has 1 aliphatic heterocycles. The van der Waals surface area contributed by atoms with Crippen molar-refractivity contribution in [2.75, 3.05) is 25.0 Å². The molecule has 0 unspecified atom stereocenters. The van der Waals surface area contributed by atoms with Gasteiger partial charge in [0, 0.05) is 35.8 Å². The van der Waals surface area contributed by atoms with Crippen LogP contribution in [-0.4, -0.2) is 47.3 Å². The molecule has 7 heteroatoms. The monoisotopic (exact) mass is 421 g/mol. The largest absolute Gasteiger partial charge is 0.389 e. The highest BCUT2D eigenvalue weighted by atomic mass is 35.5. The molecule has 5 nitrogen and oxygen atoms in total. The molecule has 0 spiro atoms. The molecular formula is C21H28ClN3O2S. The van der Waals surface area contributed by atoms with E-state index < -0.39 is 5.60 Å². The van der Waals surface area contributed by atoms with Crippen molar-refractivity contribution in [1.29, 1.82) is 0 Å². The molecule has 2 aromatic rings. The Balaban J connectivity index is 1.26. The third kappa shape index (κ3) is 4.62. The Labute approximate surface area is 175 Å². The first-order valence-electron chi connectivity index (χ1n) is 10.2. The van der Waals surface area contributed by atoms with Crippen LogP contribution in [0.4, 0.5) is 9.80 Å². The van der Waals surface area contributed by atoms with Crippen LogP contribution < -0.4 is 10.6 Å². The molecular weight excluding hydrogens is 394 g/mol. The number of hydrogen-bond acceptors (Lipinski definition) is 4. The number of halogens is 1. The molecule has 4 rings (SSSR count). The third-order valence-electron chi connectivity index (χ3n) is 5.99. The second-order valence-corrected chi connectivity index (χ2v) is 9.61. The Morgan fingerprint density at radius 3 is 2.64 bits per heavy atom. The quantitative estimate of drug-likeness (QED) is 0.662. The van der Waals surface area contributed by atoms with E-state index >= 15 is 0 Å². The summed E-state index contributed by atoms with van der Waals surface area (Å²) in [7, 11) is 0. The highest BCUT2D eigenvalue weighted by molar-refractivity contribution is 7.23. The summed E-state index contributed by atoms with van der Waals surface area (Å²) in [4.78, 5) is 14.8. The van der Waals surface area contributed by atoms with Crippen LogP contribution in [-0.2, 0) is 0 Å². The molecule has 2 heterocycles. The number of aliphatic hydroxyl groups is 1. The van der Waals surface area contributed by atoms with Crippen molar-refractivity contribution in [3.05, 3.63) is 29.3 Å². The van der Waals surface area contributed by atoms with Gasteiger partial charge in [-0.05, 0) is 31.7 Å². The van der Waals surface area contributed by atoms with Crippen LogP contribution in [0.25, 0.3) is 10.1 Å². The molecule has 1 aliphatic carbocycles. The minimum absolute atomic E-state index is 0.158. The van der Waals surface area contributed by atoms with Gasteiger partial charge in [-0.25, -0.2) is 4.79 Å². The van der Waals surface area contributed by atoms with Crippen molar-refractivity contribution in [1.82, 2.24) is 10.2 Å². The van der Waals surface area contributed by atoms with Gasteiger partial charge in [-0.3, -0.25) is 5.32 Å². The molecule has 0 bridgehead atoms. The van der Waals surface area contributed by atoms with Crippen LogP contribution in [0.15, 0.2) is 24.3 Å². The van der Waals surface area contributed by atoms with Gasteiger partial charge in [-0.15, -0.1) is 11.3 Å². The fraction of sp³-hybridized carbons (Fsp3) is 0.571. The molecule has 2 fully saturated rings. The lowest BCUT2D eigenvalue weighted by molar-refractivity contribution is -0.0310. The van der Waals surface area contributed by atoms with Gasteiger partial charge in [0.25, 0.3) is 0 Å². The van der Waals surface area contributed by atoms with Crippen LogP contribution >= 0.6 is 22.9 Å². The highest BCUT2D eigenvalue weighted by Crippen LogP contribution is 2.39. The molecule has 2 aliphatic rings. The number of β-amino-alcohol motifs (C(OH)–C–C–N with tert-alkyl or cyclic N) is 1. The van der Waals surface area contributed by atoms with Crippen LogP contribution in [0.1, 0.15) is 44.9 Å². The average molecular weight is 422 g/mol. The van der Waals surface area contributed by atoms with E-state index in [0.717, 1.165) is 68.2 Å². The van der Waals surface area contributed by atoms with Gasteiger partial charge in [0.1, 0.15) is 5.00 Å². The molecule has 152 valence electrons. The number of hydrogen-bond donors (Lipinski definition) is 3. The zero-order valence-corrected chi connectivity index (χ0v) is 17.6. The summed E-state index contributed by atoms with van der Waals surface area (Å²) in [5.74, 6) is 0. The maximum atomic E-state index is 12.4. The van der Waals surface area contributed by atoms with E-state index in [0.29, 0.717) is 10.0 Å². The molecule has 1 aromatic heterocycles. The SMILES string of the molecule is O=C(Nc1sc2ccccc2c1Cl)NC1CCN(CC2(O)CCCCC2)CC1. The first-order chi connectivity index (χ1) is 13.5. The number of benzene rings is 1. The number of piperidine rings is 1. The highest BCUT2D eigenvalue weighted by Gasteiger charge is 2.32. The smallest absolute Gasteiger partial charge is 0.320 e. The normalized spacial score (nSPS) is 20.9. The van der Waals surface area contributed by atoms with Crippen molar-refractivity contribution in [2.45, 2.75) is 56.6 Å². The van der Waals surface area contributed by atoms with Gasteiger partial charge >= 0.3 is 6.03 Å². The number of amides is 2. The van der Waals surface area contributed by atoms with Gasteiger partial charge < -0.3 is 15.3 Å². The predicted octanol–water partition coefficient (Wildman–Crippen LogP) is 4.84. The zero-order chi connectivity index (χ0) is 19.6. The predicted molar refractivity (Wildman–Crippen MR) is 116 cm³/mol. The average Bonchev–Trinajstić information content (AvgIpc) is 2.99. The molecule has 3 N–H and O–H groups in total. The van der Waals surface area contributed by atoms with Crippen LogP contribution in [0, 0.1) is 0 Å². The number of anilines is 1. The van der Waals surface area contributed by atoms with Gasteiger partial charge in [0.05, 0.1) is 10.6 Å². The molecule has 0 radical (unpaired) electrons. The summed E-state index contributed by atoms with van der Waals surface area (Å²) in [6.07, 6.45) is 7.16. The van der Waals surface area contributed by atoms with Gasteiger partial charge in [-0.2, -0.15) is 0 Å². The molecule has 1 saturated heterocycles. The number of urea groups is 1. The zero-order valence-electron chi connectivity index (χ0n) is 16.0. The van der Waals surface area contributed by atoms with E-state index in [2.05, 4.69) is 15.5 Å². The summed E-state index contributed by atoms with van der Waals surface area (Å²) in [5, 5.41) is 19.0. The lowest BCUT2D eigenvalue weighted by Crippen LogP contribution is -2.50. The number of nitrogens with one attached hydrogen (secondary N) is 2. The molecule has 0 atom stereocenters. The summed E-state index contributed by atoms with van der Waals surface area (Å²) in [6, 6.07) is 7.85. The second kappa shape index (κ2) is 8.57. The number of nitrogens with zero attached hydrogens (tertiary/aromatic N) is 1. The summed E-state index contributed by atoms with van der Waals surface area (Å²) < 4.78 is 1.07. The number of fused-ring (bicyclic) bond motifs is 1. The van der Waals surface area contributed by atoms with Gasteiger partial charge in [0.2, 0.25) is 0 Å². The van der Waals surface area contributed by atoms with Gasteiger partial charge in [0.15, 0.2) is 0 Å². The number of thiophene rings is 1. The lowest BCUT2D eigenvalue weighted by atomic mass is 9.84. The van der Waals surface area contributed by atoms with Crippen molar-refractivity contribution >= 4 is 44.1 Å². The van der Waals surface area contributed by atoms with E-state index in [1.807, 2.05) is 24.3 Å². The van der Waals surface area contributed by atoms with E-state index in [4.69, 9.17) is 11.6 Å². The Bertz CT molecular complexity index is 826. The fourth-order valence-corrected chi connectivity index (χ4v) is 5.81. The Morgan fingerprint density at radius 2 is 1.93 bits per heavy atom. The third-order valence-corrected chi connectivity index (χ3v) is 7.58. The summed E-state index contributed by atoms with van der Waals surface area (Å²) in [6.45, 7) is 2.59. The van der Waals surface area contributed by atoms with E-state index in [-0.39, 0.29) is 12.1 Å². The summed E-state index contributed by atoms with van der Waals surface area (Å²) in [5.41, 5.74) is -0.506. The molecule has 1 saturated carbocycles. The Kier molecular flexibility index (Phi) is 6.11. The minimum atomic E-state index is -0.506. The molecule has 1 aromatic carbocycles. The maximum absolute atomic E-state index is 12.4. The van der Waals surface area contributed by atoms with Crippen molar-refractivity contribution in [3.63, 3.8) is 0 Å². The first kappa shape index (κ1) is 20.0. The topological polar surface area (TPSA) is 64.6 Å². The van der Waals surface area contributed by atoms with E-state index in [9.17, 15) is 9.90 Å². The second-order valence-electron chi connectivity index (χ2n) is 8.18. The Morgan fingerprint density at radius 1 is 1.21 bits per heavy atom. The molecule has 28 heavy (non-hydrogen) atoms.